The Morgan fingerprint density at radius 1 is 1.17 bits per heavy atom. The monoisotopic (exact) mass is 322 g/mol. The van der Waals surface area contributed by atoms with Crippen molar-refractivity contribution in [2.75, 3.05) is 18.5 Å². The van der Waals surface area contributed by atoms with E-state index in [9.17, 15) is 9.59 Å². The Balaban J connectivity index is 1.77. The fraction of sp³-hybridized carbons (Fsp3) is 0.300. The summed E-state index contributed by atoms with van der Waals surface area (Å²) in [4.78, 5) is 28.1. The lowest BCUT2D eigenvalue weighted by Crippen LogP contribution is -2.27. The van der Waals surface area contributed by atoms with Gasteiger partial charge in [-0.2, -0.15) is 0 Å². The van der Waals surface area contributed by atoms with Gasteiger partial charge in [0.05, 0.1) is 0 Å². The molecule has 0 N–H and O–H groups in total. The highest BCUT2D eigenvalue weighted by atomic mass is 16.2. The first-order valence-electron chi connectivity index (χ1n) is 8.26. The highest BCUT2D eigenvalue weighted by molar-refractivity contribution is 5.99. The molecule has 2 amide bonds. The third-order valence-electron chi connectivity index (χ3n) is 4.49. The SMILES string of the molecule is Cc1ccccc1CN(C)C(=O)c1cccc(N2CCCC2=O)c1. The molecule has 0 bridgehead atoms. The third kappa shape index (κ3) is 3.32. The zero-order valence-corrected chi connectivity index (χ0v) is 14.2. The Hall–Kier alpha value is -2.62. The molecule has 2 aromatic carbocycles. The molecule has 0 unspecified atom stereocenters. The Morgan fingerprint density at radius 2 is 1.96 bits per heavy atom. The first kappa shape index (κ1) is 16.2. The number of benzene rings is 2. The van der Waals surface area contributed by atoms with E-state index in [1.165, 1.54) is 5.56 Å². The number of anilines is 1. The van der Waals surface area contributed by atoms with Crippen molar-refractivity contribution >= 4 is 17.5 Å². The second-order valence-corrected chi connectivity index (χ2v) is 6.29. The van der Waals surface area contributed by atoms with Gasteiger partial charge in [-0.3, -0.25) is 9.59 Å². The van der Waals surface area contributed by atoms with E-state index in [4.69, 9.17) is 0 Å². The van der Waals surface area contributed by atoms with Crippen molar-refractivity contribution in [1.29, 1.82) is 0 Å². The number of aryl methyl sites for hydroxylation is 1. The quantitative estimate of drug-likeness (QED) is 0.865. The molecule has 124 valence electrons. The van der Waals surface area contributed by atoms with Crippen molar-refractivity contribution in [3.05, 3.63) is 65.2 Å². The van der Waals surface area contributed by atoms with Gasteiger partial charge in [-0.05, 0) is 42.7 Å². The van der Waals surface area contributed by atoms with Crippen LogP contribution in [0.4, 0.5) is 5.69 Å². The van der Waals surface area contributed by atoms with Crippen LogP contribution >= 0.6 is 0 Å². The molecule has 0 radical (unpaired) electrons. The van der Waals surface area contributed by atoms with Gasteiger partial charge in [0.2, 0.25) is 5.91 Å². The van der Waals surface area contributed by atoms with E-state index in [1.807, 2.05) is 56.4 Å². The van der Waals surface area contributed by atoms with Gasteiger partial charge in [-0.25, -0.2) is 0 Å². The number of nitrogens with zero attached hydrogens (tertiary/aromatic N) is 2. The fourth-order valence-electron chi connectivity index (χ4n) is 3.06. The standard InChI is InChI=1S/C20H22N2O2/c1-15-7-3-4-8-17(15)14-21(2)20(24)16-9-5-10-18(13-16)22-12-6-11-19(22)23/h3-5,7-10,13H,6,11-12,14H2,1-2H3. The Labute approximate surface area is 142 Å². The Kier molecular flexibility index (Phi) is 4.65. The number of carbonyl (C=O) groups is 2. The van der Waals surface area contributed by atoms with Gasteiger partial charge in [0.15, 0.2) is 0 Å². The molecule has 1 aliphatic rings. The summed E-state index contributed by atoms with van der Waals surface area (Å²) in [6.07, 6.45) is 1.47. The van der Waals surface area contributed by atoms with Gasteiger partial charge >= 0.3 is 0 Å². The molecule has 0 atom stereocenters. The van der Waals surface area contributed by atoms with Crippen LogP contribution in [0.1, 0.15) is 34.3 Å². The summed E-state index contributed by atoms with van der Waals surface area (Å²) in [6.45, 7) is 3.35. The number of hydrogen-bond acceptors (Lipinski definition) is 2. The summed E-state index contributed by atoms with van der Waals surface area (Å²) < 4.78 is 0. The maximum atomic E-state index is 12.7. The highest BCUT2D eigenvalue weighted by Gasteiger charge is 2.22. The molecule has 1 saturated heterocycles. The molecular formula is C20H22N2O2. The zero-order valence-electron chi connectivity index (χ0n) is 14.2. The fourth-order valence-corrected chi connectivity index (χ4v) is 3.06. The van der Waals surface area contributed by atoms with Crippen LogP contribution in [0.3, 0.4) is 0 Å². The summed E-state index contributed by atoms with van der Waals surface area (Å²) >= 11 is 0. The minimum Gasteiger partial charge on any atom is -0.337 e. The normalized spacial score (nSPS) is 14.1. The molecule has 0 aliphatic carbocycles. The van der Waals surface area contributed by atoms with E-state index in [2.05, 4.69) is 0 Å². The minimum atomic E-state index is -0.0354. The Morgan fingerprint density at radius 3 is 2.67 bits per heavy atom. The topological polar surface area (TPSA) is 40.6 Å². The van der Waals surface area contributed by atoms with Gasteiger partial charge in [0.1, 0.15) is 0 Å². The minimum absolute atomic E-state index is 0.0354. The molecule has 3 rings (SSSR count). The van der Waals surface area contributed by atoms with Crippen LogP contribution in [0.5, 0.6) is 0 Å². The number of carbonyl (C=O) groups excluding carboxylic acids is 2. The average molecular weight is 322 g/mol. The second-order valence-electron chi connectivity index (χ2n) is 6.29. The van der Waals surface area contributed by atoms with Gasteiger partial charge in [0.25, 0.3) is 5.91 Å². The summed E-state index contributed by atoms with van der Waals surface area (Å²) in [5.41, 5.74) is 3.74. The predicted molar refractivity (Wildman–Crippen MR) is 95.0 cm³/mol. The van der Waals surface area contributed by atoms with E-state index < -0.39 is 0 Å². The number of hydrogen-bond donors (Lipinski definition) is 0. The molecule has 2 aromatic rings. The predicted octanol–water partition coefficient (Wildman–Crippen LogP) is 3.39. The van der Waals surface area contributed by atoms with Crippen molar-refractivity contribution in [3.8, 4) is 0 Å². The van der Waals surface area contributed by atoms with Crippen molar-refractivity contribution in [1.82, 2.24) is 4.90 Å². The summed E-state index contributed by atoms with van der Waals surface area (Å²) in [5, 5.41) is 0. The van der Waals surface area contributed by atoms with Crippen LogP contribution < -0.4 is 4.90 Å². The van der Waals surface area contributed by atoms with Gasteiger partial charge < -0.3 is 9.80 Å². The van der Waals surface area contributed by atoms with Crippen molar-refractivity contribution in [2.45, 2.75) is 26.3 Å². The van der Waals surface area contributed by atoms with Gasteiger partial charge in [0, 0.05) is 37.8 Å². The molecule has 1 heterocycles. The van der Waals surface area contributed by atoms with E-state index in [0.717, 1.165) is 24.2 Å². The Bertz CT molecular complexity index is 770. The largest absolute Gasteiger partial charge is 0.337 e. The van der Waals surface area contributed by atoms with Crippen LogP contribution in [0.25, 0.3) is 0 Å². The first-order valence-corrected chi connectivity index (χ1v) is 8.26. The van der Waals surface area contributed by atoms with Gasteiger partial charge in [-0.15, -0.1) is 0 Å². The van der Waals surface area contributed by atoms with Crippen molar-refractivity contribution < 1.29 is 9.59 Å². The van der Waals surface area contributed by atoms with E-state index >= 15 is 0 Å². The molecule has 24 heavy (non-hydrogen) atoms. The summed E-state index contributed by atoms with van der Waals surface area (Å²) in [6, 6.07) is 15.4. The van der Waals surface area contributed by atoms with Crippen LogP contribution in [0.2, 0.25) is 0 Å². The maximum Gasteiger partial charge on any atom is 0.253 e. The smallest absolute Gasteiger partial charge is 0.253 e. The highest BCUT2D eigenvalue weighted by Crippen LogP contribution is 2.23. The van der Waals surface area contributed by atoms with Crippen LogP contribution in [0, 0.1) is 6.92 Å². The molecule has 1 aliphatic heterocycles. The first-order chi connectivity index (χ1) is 11.6. The van der Waals surface area contributed by atoms with Gasteiger partial charge in [-0.1, -0.05) is 30.3 Å². The van der Waals surface area contributed by atoms with Crippen LogP contribution in [0.15, 0.2) is 48.5 Å². The van der Waals surface area contributed by atoms with Crippen LogP contribution in [-0.4, -0.2) is 30.3 Å². The lowest BCUT2D eigenvalue weighted by molar-refractivity contribution is -0.117. The van der Waals surface area contributed by atoms with Crippen molar-refractivity contribution in [2.24, 2.45) is 0 Å². The average Bonchev–Trinajstić information content (AvgIpc) is 3.02. The van der Waals surface area contributed by atoms with Crippen molar-refractivity contribution in [3.63, 3.8) is 0 Å². The zero-order chi connectivity index (χ0) is 17.1. The molecular weight excluding hydrogens is 300 g/mol. The van der Waals surface area contributed by atoms with Crippen LogP contribution in [-0.2, 0) is 11.3 Å². The molecule has 4 nitrogen and oxygen atoms in total. The van der Waals surface area contributed by atoms with E-state index in [-0.39, 0.29) is 11.8 Å². The molecule has 0 aromatic heterocycles. The summed E-state index contributed by atoms with van der Waals surface area (Å²) in [7, 11) is 1.81. The summed E-state index contributed by atoms with van der Waals surface area (Å²) in [5.74, 6) is 0.0969. The molecule has 4 heteroatoms. The third-order valence-corrected chi connectivity index (χ3v) is 4.49. The lowest BCUT2D eigenvalue weighted by atomic mass is 10.1. The maximum absolute atomic E-state index is 12.7. The lowest BCUT2D eigenvalue weighted by Gasteiger charge is -2.20. The number of amides is 2. The molecule has 0 saturated carbocycles. The second kappa shape index (κ2) is 6.87. The van der Waals surface area contributed by atoms with E-state index in [0.29, 0.717) is 18.5 Å². The molecule has 0 spiro atoms. The number of rotatable bonds is 4. The van der Waals surface area contributed by atoms with E-state index in [1.54, 1.807) is 15.9 Å². The molecule has 1 fully saturated rings.